The van der Waals surface area contributed by atoms with E-state index in [1.165, 1.54) is 29.5 Å². The summed E-state index contributed by atoms with van der Waals surface area (Å²) in [6.45, 7) is 0. The molecule has 0 aliphatic carbocycles. The number of benzene rings is 1. The van der Waals surface area contributed by atoms with Gasteiger partial charge in [-0.3, -0.25) is 0 Å². The number of nitrogen functional groups attached to an aromatic ring is 1. The summed E-state index contributed by atoms with van der Waals surface area (Å²) in [7, 11) is 0. The average molecular weight is 272 g/mol. The second kappa shape index (κ2) is 4.88. The Bertz CT molecular complexity index is 727. The van der Waals surface area contributed by atoms with Crippen LogP contribution in [0.25, 0.3) is 5.95 Å². The molecule has 0 fully saturated rings. The molecule has 9 heteroatoms. The highest BCUT2D eigenvalue weighted by Gasteiger charge is 2.07. The van der Waals surface area contributed by atoms with E-state index in [1.807, 2.05) is 0 Å². The molecule has 0 saturated heterocycles. The maximum absolute atomic E-state index is 13.1. The first-order valence-corrected chi connectivity index (χ1v) is 5.60. The predicted octanol–water partition coefficient (Wildman–Crippen LogP) is 0.917. The lowest BCUT2D eigenvalue weighted by Crippen LogP contribution is -2.09. The zero-order valence-electron chi connectivity index (χ0n) is 10.1. The van der Waals surface area contributed by atoms with Crippen LogP contribution in [0.4, 0.5) is 22.0 Å². The van der Waals surface area contributed by atoms with Crippen molar-refractivity contribution >= 4 is 17.6 Å². The van der Waals surface area contributed by atoms with Gasteiger partial charge in [0.2, 0.25) is 11.9 Å². The van der Waals surface area contributed by atoms with Gasteiger partial charge in [0.05, 0.1) is 0 Å². The molecule has 3 N–H and O–H groups in total. The van der Waals surface area contributed by atoms with Crippen LogP contribution in [0.3, 0.4) is 0 Å². The molecule has 0 aliphatic heterocycles. The molecule has 3 rings (SSSR count). The van der Waals surface area contributed by atoms with Gasteiger partial charge in [0, 0.05) is 5.69 Å². The standard InChI is InChI=1S/C11H9FN8/c12-7-2-1-3-8(4-7)16-10-17-9(13)18-11(19-10)20-6-14-5-15-20/h1-6H,(H3,13,16,17,18,19). The molecule has 0 unspecified atom stereocenters. The van der Waals surface area contributed by atoms with Crippen molar-refractivity contribution in [2.45, 2.75) is 0 Å². The molecule has 0 spiro atoms. The topological polar surface area (TPSA) is 107 Å². The molecular weight excluding hydrogens is 263 g/mol. The van der Waals surface area contributed by atoms with Gasteiger partial charge in [-0.15, -0.1) is 0 Å². The SMILES string of the molecule is Nc1nc(Nc2cccc(F)c2)nc(-n2cncn2)n1. The minimum atomic E-state index is -0.367. The van der Waals surface area contributed by atoms with Gasteiger partial charge < -0.3 is 11.1 Å². The van der Waals surface area contributed by atoms with E-state index < -0.39 is 0 Å². The third kappa shape index (κ3) is 2.51. The van der Waals surface area contributed by atoms with E-state index in [1.54, 1.807) is 12.1 Å². The van der Waals surface area contributed by atoms with E-state index in [4.69, 9.17) is 5.73 Å². The Kier molecular flexibility index (Phi) is 2.92. The molecular formula is C11H9FN8. The number of hydrogen-bond acceptors (Lipinski definition) is 7. The zero-order chi connectivity index (χ0) is 13.9. The van der Waals surface area contributed by atoms with E-state index in [-0.39, 0.29) is 23.7 Å². The van der Waals surface area contributed by atoms with E-state index in [0.717, 1.165) is 0 Å². The maximum Gasteiger partial charge on any atom is 0.258 e. The van der Waals surface area contributed by atoms with Crippen LogP contribution in [0.5, 0.6) is 0 Å². The number of halogens is 1. The maximum atomic E-state index is 13.1. The summed E-state index contributed by atoms with van der Waals surface area (Å²) >= 11 is 0. The Morgan fingerprint density at radius 2 is 2.10 bits per heavy atom. The van der Waals surface area contributed by atoms with Crippen molar-refractivity contribution < 1.29 is 4.39 Å². The fourth-order valence-corrected chi connectivity index (χ4v) is 1.55. The normalized spacial score (nSPS) is 10.4. The van der Waals surface area contributed by atoms with E-state index in [9.17, 15) is 4.39 Å². The molecule has 0 saturated carbocycles. The quantitative estimate of drug-likeness (QED) is 0.729. The third-order valence-corrected chi connectivity index (χ3v) is 2.35. The molecule has 20 heavy (non-hydrogen) atoms. The van der Waals surface area contributed by atoms with Crippen molar-refractivity contribution in [3.8, 4) is 5.95 Å². The molecule has 3 aromatic rings. The fraction of sp³-hybridized carbons (Fsp3) is 0. The lowest BCUT2D eigenvalue weighted by molar-refractivity contribution is 0.628. The van der Waals surface area contributed by atoms with Gasteiger partial charge in [-0.25, -0.2) is 9.37 Å². The second-order valence-corrected chi connectivity index (χ2v) is 3.79. The number of nitrogens with one attached hydrogen (secondary N) is 1. The number of nitrogens with two attached hydrogens (primary N) is 1. The van der Waals surface area contributed by atoms with Crippen molar-refractivity contribution in [2.75, 3.05) is 11.1 Å². The summed E-state index contributed by atoms with van der Waals surface area (Å²) < 4.78 is 14.5. The summed E-state index contributed by atoms with van der Waals surface area (Å²) in [5.74, 6) is 0.0560. The monoisotopic (exact) mass is 272 g/mol. The molecule has 0 amide bonds. The molecule has 8 nitrogen and oxygen atoms in total. The van der Waals surface area contributed by atoms with E-state index >= 15 is 0 Å². The number of anilines is 3. The first-order valence-electron chi connectivity index (χ1n) is 5.60. The summed E-state index contributed by atoms with van der Waals surface area (Å²) in [4.78, 5) is 15.8. The Balaban J connectivity index is 1.94. The lowest BCUT2D eigenvalue weighted by atomic mass is 10.3. The van der Waals surface area contributed by atoms with Gasteiger partial charge in [0.15, 0.2) is 0 Å². The van der Waals surface area contributed by atoms with Crippen molar-refractivity contribution in [2.24, 2.45) is 0 Å². The van der Waals surface area contributed by atoms with Crippen molar-refractivity contribution in [1.29, 1.82) is 0 Å². The summed E-state index contributed by atoms with van der Waals surface area (Å²) in [6.07, 6.45) is 2.78. The first-order chi connectivity index (χ1) is 9.70. The van der Waals surface area contributed by atoms with Crippen LogP contribution in [0.2, 0.25) is 0 Å². The first kappa shape index (κ1) is 12.0. The van der Waals surface area contributed by atoms with Crippen LogP contribution in [-0.2, 0) is 0 Å². The summed E-state index contributed by atoms with van der Waals surface area (Å²) in [6, 6.07) is 5.90. The lowest BCUT2D eigenvalue weighted by Gasteiger charge is -2.06. The number of hydrogen-bond donors (Lipinski definition) is 2. The molecule has 100 valence electrons. The van der Waals surface area contributed by atoms with Crippen LogP contribution in [0.15, 0.2) is 36.9 Å². The molecule has 0 aliphatic rings. The van der Waals surface area contributed by atoms with Crippen LogP contribution >= 0.6 is 0 Å². The molecule has 2 aromatic heterocycles. The molecule has 0 bridgehead atoms. The highest BCUT2D eigenvalue weighted by Crippen LogP contribution is 2.15. The Labute approximate surface area is 112 Å². The van der Waals surface area contributed by atoms with Gasteiger partial charge >= 0.3 is 0 Å². The minimum absolute atomic E-state index is 0.0180. The smallest absolute Gasteiger partial charge is 0.258 e. The Morgan fingerprint density at radius 3 is 2.85 bits per heavy atom. The largest absolute Gasteiger partial charge is 0.368 e. The van der Waals surface area contributed by atoms with Gasteiger partial charge in [0.1, 0.15) is 18.5 Å². The van der Waals surface area contributed by atoms with Crippen molar-refractivity contribution in [3.05, 3.63) is 42.7 Å². The minimum Gasteiger partial charge on any atom is -0.368 e. The van der Waals surface area contributed by atoms with Gasteiger partial charge in [-0.1, -0.05) is 6.07 Å². The Morgan fingerprint density at radius 1 is 1.20 bits per heavy atom. The highest BCUT2D eigenvalue weighted by molar-refractivity contribution is 5.54. The van der Waals surface area contributed by atoms with Crippen LogP contribution in [-0.4, -0.2) is 29.7 Å². The van der Waals surface area contributed by atoms with Crippen LogP contribution in [0.1, 0.15) is 0 Å². The average Bonchev–Trinajstić information content (AvgIpc) is 2.91. The molecule has 0 radical (unpaired) electrons. The molecule has 2 heterocycles. The number of rotatable bonds is 3. The summed E-state index contributed by atoms with van der Waals surface area (Å²) in [5, 5.41) is 6.74. The fourth-order valence-electron chi connectivity index (χ4n) is 1.55. The predicted molar refractivity (Wildman–Crippen MR) is 68.8 cm³/mol. The van der Waals surface area contributed by atoms with Crippen LogP contribution < -0.4 is 11.1 Å². The van der Waals surface area contributed by atoms with E-state index in [0.29, 0.717) is 5.69 Å². The number of nitrogens with zero attached hydrogens (tertiary/aromatic N) is 6. The Hall–Kier alpha value is -3.10. The number of aromatic nitrogens is 6. The third-order valence-electron chi connectivity index (χ3n) is 2.35. The highest BCUT2D eigenvalue weighted by atomic mass is 19.1. The van der Waals surface area contributed by atoms with Crippen molar-refractivity contribution in [3.63, 3.8) is 0 Å². The van der Waals surface area contributed by atoms with Crippen LogP contribution in [0, 0.1) is 5.82 Å². The summed E-state index contributed by atoms with van der Waals surface area (Å²) in [5.41, 5.74) is 6.11. The van der Waals surface area contributed by atoms with Crippen molar-refractivity contribution in [1.82, 2.24) is 29.7 Å². The van der Waals surface area contributed by atoms with Gasteiger partial charge in [0.25, 0.3) is 5.95 Å². The molecule has 1 aromatic carbocycles. The van der Waals surface area contributed by atoms with E-state index in [2.05, 4.69) is 30.4 Å². The zero-order valence-corrected chi connectivity index (χ0v) is 10.1. The van der Waals surface area contributed by atoms with Gasteiger partial charge in [-0.2, -0.15) is 24.7 Å². The molecule has 0 atom stereocenters. The second-order valence-electron chi connectivity index (χ2n) is 3.79. The van der Waals surface area contributed by atoms with Gasteiger partial charge in [-0.05, 0) is 18.2 Å².